The molecule has 2 heterocycles. The van der Waals surface area contributed by atoms with Crippen LogP contribution in [0.5, 0.6) is 0 Å². The van der Waals surface area contributed by atoms with E-state index >= 15 is 0 Å². The third-order valence-electron chi connectivity index (χ3n) is 7.81. The molecule has 0 radical (unpaired) electrons. The molecule has 1 aromatic heterocycles. The molecular weight excluding hydrogens is 584 g/mol. The van der Waals surface area contributed by atoms with Gasteiger partial charge < -0.3 is 15.0 Å². The van der Waals surface area contributed by atoms with Crippen molar-refractivity contribution in [3.63, 3.8) is 0 Å². The minimum Gasteiger partial charge on any atom is -0.427 e. The normalized spacial score (nSPS) is 18.3. The number of ether oxygens (including phenoxy) is 1. The Bertz CT molecular complexity index is 1660. The molecule has 1 unspecified atom stereocenters. The van der Waals surface area contributed by atoms with Crippen LogP contribution in [0.3, 0.4) is 0 Å². The van der Waals surface area contributed by atoms with Gasteiger partial charge in [-0.3, -0.25) is 14.4 Å². The van der Waals surface area contributed by atoms with Gasteiger partial charge in [0.15, 0.2) is 0 Å². The molecular formula is C31H28F4N4O5. The van der Waals surface area contributed by atoms with E-state index in [9.17, 15) is 36.7 Å². The Kier molecular flexibility index (Phi) is 7.91. The van der Waals surface area contributed by atoms with Gasteiger partial charge >= 0.3 is 12.3 Å². The number of imide groups is 1. The predicted octanol–water partition coefficient (Wildman–Crippen LogP) is 5.25. The van der Waals surface area contributed by atoms with Crippen molar-refractivity contribution in [2.75, 3.05) is 11.9 Å². The van der Waals surface area contributed by atoms with Gasteiger partial charge in [-0.05, 0) is 60.7 Å². The first-order valence-corrected chi connectivity index (χ1v) is 13.7. The molecule has 13 heteroatoms. The fourth-order valence-electron chi connectivity index (χ4n) is 5.51. The quantitative estimate of drug-likeness (QED) is 0.365. The molecule has 0 saturated carbocycles. The van der Waals surface area contributed by atoms with Crippen molar-refractivity contribution >= 4 is 29.6 Å². The first kappa shape index (κ1) is 30.6. The predicted molar refractivity (Wildman–Crippen MR) is 149 cm³/mol. The highest BCUT2D eigenvalue weighted by Gasteiger charge is 2.58. The molecule has 5 rings (SSSR count). The zero-order valence-electron chi connectivity index (χ0n) is 24.0. The van der Waals surface area contributed by atoms with Gasteiger partial charge in [-0.25, -0.2) is 19.1 Å². The van der Waals surface area contributed by atoms with Crippen molar-refractivity contribution in [3.05, 3.63) is 82.8 Å². The number of hydrogen-bond acceptors (Lipinski definition) is 6. The molecule has 230 valence electrons. The number of rotatable bonds is 7. The van der Waals surface area contributed by atoms with Crippen LogP contribution in [0.2, 0.25) is 0 Å². The number of alkyl halides is 3. The second-order valence-electron chi connectivity index (χ2n) is 10.9. The van der Waals surface area contributed by atoms with E-state index in [1.807, 2.05) is 13.0 Å². The van der Waals surface area contributed by atoms with Crippen LogP contribution in [0.15, 0.2) is 54.7 Å². The number of aryl methyl sites for hydroxylation is 2. The second kappa shape index (κ2) is 11.4. The van der Waals surface area contributed by atoms with Crippen LogP contribution in [-0.2, 0) is 37.7 Å². The summed E-state index contributed by atoms with van der Waals surface area (Å²) in [5.74, 6) is -2.53. The number of nitrogens with one attached hydrogen (secondary N) is 1. The smallest absolute Gasteiger partial charge is 0.418 e. The summed E-state index contributed by atoms with van der Waals surface area (Å²) in [6.07, 6.45) is -3.93. The molecule has 1 fully saturated rings. The van der Waals surface area contributed by atoms with Gasteiger partial charge in [-0.15, -0.1) is 0 Å². The summed E-state index contributed by atoms with van der Waals surface area (Å²) in [5.41, 5.74) is 1.79. The molecule has 2 atom stereocenters. The molecule has 44 heavy (non-hydrogen) atoms. The van der Waals surface area contributed by atoms with Crippen molar-refractivity contribution in [2.45, 2.75) is 58.0 Å². The number of carbonyl (C=O) groups excluding carboxylic acids is 4. The van der Waals surface area contributed by atoms with Crippen LogP contribution in [0, 0.1) is 12.7 Å². The number of pyridine rings is 1. The lowest BCUT2D eigenvalue weighted by Gasteiger charge is -2.31. The molecule has 2 aromatic carbocycles. The van der Waals surface area contributed by atoms with Crippen LogP contribution < -0.4 is 5.32 Å². The van der Waals surface area contributed by atoms with E-state index in [-0.39, 0.29) is 17.9 Å². The number of benzene rings is 2. The number of halogens is 4. The Morgan fingerprint density at radius 1 is 1.14 bits per heavy atom. The number of carbonyl (C=O) groups is 4. The zero-order valence-corrected chi connectivity index (χ0v) is 24.0. The van der Waals surface area contributed by atoms with E-state index in [2.05, 4.69) is 10.3 Å². The topological polar surface area (TPSA) is 109 Å². The van der Waals surface area contributed by atoms with Crippen molar-refractivity contribution in [2.24, 2.45) is 0 Å². The number of aromatic nitrogens is 1. The van der Waals surface area contributed by atoms with Crippen LogP contribution >= 0.6 is 0 Å². The van der Waals surface area contributed by atoms with Crippen LogP contribution in [-0.4, -0.2) is 57.4 Å². The van der Waals surface area contributed by atoms with Crippen molar-refractivity contribution in [3.8, 4) is 11.1 Å². The first-order chi connectivity index (χ1) is 20.7. The molecule has 1 aliphatic carbocycles. The van der Waals surface area contributed by atoms with Crippen molar-refractivity contribution < 1.29 is 41.5 Å². The maximum atomic E-state index is 13.7. The average molecular weight is 613 g/mol. The van der Waals surface area contributed by atoms with Gasteiger partial charge in [0.25, 0.3) is 5.91 Å². The molecule has 9 nitrogen and oxygen atoms in total. The van der Waals surface area contributed by atoms with E-state index in [0.717, 1.165) is 24.6 Å². The summed E-state index contributed by atoms with van der Waals surface area (Å²) < 4.78 is 60.1. The van der Waals surface area contributed by atoms with Crippen molar-refractivity contribution in [1.29, 1.82) is 0 Å². The summed E-state index contributed by atoms with van der Waals surface area (Å²) in [5, 5.41) is 2.69. The molecule has 1 spiro atoms. The van der Waals surface area contributed by atoms with Crippen LogP contribution in [0.4, 0.5) is 28.2 Å². The van der Waals surface area contributed by atoms with Gasteiger partial charge in [-0.2, -0.15) is 13.2 Å². The number of nitrogens with zero attached hydrogens (tertiary/aromatic N) is 3. The summed E-state index contributed by atoms with van der Waals surface area (Å²) in [4.78, 5) is 56.9. The summed E-state index contributed by atoms with van der Waals surface area (Å²) in [6, 6.07) is 9.32. The van der Waals surface area contributed by atoms with Crippen LogP contribution in [0.1, 0.15) is 42.5 Å². The van der Waals surface area contributed by atoms with E-state index in [0.29, 0.717) is 44.3 Å². The second-order valence-corrected chi connectivity index (χ2v) is 10.9. The van der Waals surface area contributed by atoms with E-state index in [4.69, 9.17) is 4.74 Å². The zero-order chi connectivity index (χ0) is 32.0. The lowest BCUT2D eigenvalue weighted by molar-refractivity contribution is -0.187. The first-order valence-electron chi connectivity index (χ1n) is 13.7. The Morgan fingerprint density at radius 3 is 2.50 bits per heavy atom. The summed E-state index contributed by atoms with van der Waals surface area (Å²) in [6.45, 7) is 2.50. The minimum atomic E-state index is -4.80. The Labute approximate surface area is 249 Å². The Balaban J connectivity index is 1.41. The molecule has 1 saturated heterocycles. The summed E-state index contributed by atoms with van der Waals surface area (Å²) in [7, 11) is 0. The van der Waals surface area contributed by atoms with Gasteiger partial charge in [0.2, 0.25) is 17.4 Å². The van der Waals surface area contributed by atoms with Gasteiger partial charge in [0.1, 0.15) is 24.2 Å². The average Bonchev–Trinajstić information content (AvgIpc) is 3.44. The number of fused-ring (bicyclic) bond motifs is 2. The molecule has 0 bridgehead atoms. The minimum absolute atomic E-state index is 0.0733. The van der Waals surface area contributed by atoms with Gasteiger partial charge in [0.05, 0.1) is 0 Å². The fraction of sp³-hybridized carbons (Fsp3) is 0.323. The number of hydrogen-bond donors (Lipinski definition) is 1. The van der Waals surface area contributed by atoms with E-state index < -0.39 is 54.6 Å². The highest BCUT2D eigenvalue weighted by atomic mass is 19.4. The van der Waals surface area contributed by atoms with E-state index in [1.54, 1.807) is 24.4 Å². The Morgan fingerprint density at radius 2 is 1.84 bits per heavy atom. The van der Waals surface area contributed by atoms with Crippen molar-refractivity contribution in [1.82, 2.24) is 14.8 Å². The highest BCUT2D eigenvalue weighted by molar-refractivity contribution is 6.06. The highest BCUT2D eigenvalue weighted by Crippen LogP contribution is 2.46. The monoisotopic (exact) mass is 612 g/mol. The molecule has 4 amide bonds. The van der Waals surface area contributed by atoms with Gasteiger partial charge in [0, 0.05) is 37.2 Å². The standard InChI is InChI=1S/C31H28F4N4O5/c1-17-12-24(27(36-14-17)37-19(3)40)21-6-9-25-22(13-21)10-11-30(25)28(42)39(29(43)44-30)16-26(41)38(18(2)31(33,34)35)15-20-4-7-23(32)8-5-20/h4-9,12-14,18H,10-11,15-16H2,1-3H3,(H,36,37,40)/t18?,30-/m1/s1. The maximum absolute atomic E-state index is 13.7. The molecule has 3 aromatic rings. The lowest BCUT2D eigenvalue weighted by Crippen LogP contribution is -2.51. The molecule has 2 aliphatic rings. The molecule has 1 N–H and O–H groups in total. The van der Waals surface area contributed by atoms with Gasteiger partial charge in [-0.1, -0.05) is 30.3 Å². The third-order valence-corrected chi connectivity index (χ3v) is 7.81. The number of anilines is 1. The summed E-state index contributed by atoms with van der Waals surface area (Å²) >= 11 is 0. The lowest BCUT2D eigenvalue weighted by atomic mass is 9.93. The van der Waals surface area contributed by atoms with E-state index in [1.165, 1.54) is 19.1 Å². The van der Waals surface area contributed by atoms with Crippen LogP contribution in [0.25, 0.3) is 11.1 Å². The largest absolute Gasteiger partial charge is 0.427 e. The fourth-order valence-corrected chi connectivity index (χ4v) is 5.51. The third kappa shape index (κ3) is 5.73. The number of amides is 4. The SMILES string of the molecule is CC(=O)Nc1ncc(C)cc1-c1ccc2c(c1)CC[C@@]21OC(=O)N(CC(=O)N(Cc2ccc(F)cc2)C(C)C(F)(F)F)C1=O. The molecule has 1 aliphatic heterocycles. The maximum Gasteiger partial charge on any atom is 0.418 e. The Hall–Kier alpha value is -4.81.